The van der Waals surface area contributed by atoms with Crippen molar-refractivity contribution in [1.82, 2.24) is 5.32 Å². The van der Waals surface area contributed by atoms with E-state index in [9.17, 15) is 14.0 Å². The lowest BCUT2D eigenvalue weighted by molar-refractivity contribution is -0.147. The number of ether oxygens (including phenoxy) is 1. The number of carbonyl (C=O) groups excluding carboxylic acids is 2. The molecule has 4 nitrogen and oxygen atoms in total. The fourth-order valence-corrected chi connectivity index (χ4v) is 3.47. The molecule has 2 rings (SSSR count). The molecule has 1 unspecified atom stereocenters. The Labute approximate surface area is 181 Å². The molecule has 0 aliphatic rings. The smallest absolute Gasteiger partial charge is 0.329 e. The average Bonchev–Trinajstić information content (AvgIpc) is 2.64. The Kier molecular flexibility index (Phi) is 8.89. The molecule has 9 heteroatoms. The molecule has 0 saturated carbocycles. The van der Waals surface area contributed by atoms with Crippen LogP contribution in [0.25, 0.3) is 0 Å². The highest BCUT2D eigenvalue weighted by Crippen LogP contribution is 2.22. The number of esters is 1. The Bertz CT molecular complexity index is 866. The first kappa shape index (κ1) is 22.8. The van der Waals surface area contributed by atoms with Crippen molar-refractivity contribution in [2.75, 3.05) is 12.0 Å². The first-order valence-corrected chi connectivity index (χ1v) is 10.7. The summed E-state index contributed by atoms with van der Waals surface area (Å²) >= 11 is 19.4. The lowest BCUT2D eigenvalue weighted by Gasteiger charge is -2.18. The normalized spacial score (nSPS) is 11.8. The lowest BCUT2D eigenvalue weighted by atomic mass is 10.1. The molecule has 0 aromatic heterocycles. The number of halogens is 4. The third-order valence-electron chi connectivity index (χ3n) is 3.76. The number of hydrogen-bond donors (Lipinski definition) is 1. The fraction of sp³-hybridized carbons (Fsp3) is 0.263. The van der Waals surface area contributed by atoms with Gasteiger partial charge >= 0.3 is 5.97 Å². The molecule has 28 heavy (non-hydrogen) atoms. The van der Waals surface area contributed by atoms with Gasteiger partial charge in [0.1, 0.15) is 18.5 Å². The van der Waals surface area contributed by atoms with E-state index < -0.39 is 23.7 Å². The molecule has 0 spiro atoms. The van der Waals surface area contributed by atoms with Crippen molar-refractivity contribution in [3.05, 3.63) is 68.4 Å². The van der Waals surface area contributed by atoms with Gasteiger partial charge < -0.3 is 10.1 Å². The zero-order valence-corrected chi connectivity index (χ0v) is 17.9. The Morgan fingerprint density at radius 1 is 1.14 bits per heavy atom. The van der Waals surface area contributed by atoms with Crippen LogP contribution < -0.4 is 5.32 Å². The molecule has 1 atom stereocenters. The molecule has 0 heterocycles. The van der Waals surface area contributed by atoms with Gasteiger partial charge in [0.2, 0.25) is 0 Å². The molecular weight excluding hydrogens is 448 g/mol. The minimum absolute atomic E-state index is 0.134. The summed E-state index contributed by atoms with van der Waals surface area (Å²) in [7, 11) is 0. The summed E-state index contributed by atoms with van der Waals surface area (Å²) in [5, 5.41) is 3.38. The van der Waals surface area contributed by atoms with Crippen LogP contribution in [0.3, 0.4) is 0 Å². The van der Waals surface area contributed by atoms with Crippen LogP contribution in [-0.4, -0.2) is 29.9 Å². The van der Waals surface area contributed by atoms with Gasteiger partial charge in [-0.05, 0) is 48.8 Å². The fourth-order valence-electron chi connectivity index (χ4n) is 2.28. The monoisotopic (exact) mass is 463 g/mol. The van der Waals surface area contributed by atoms with Crippen molar-refractivity contribution < 1.29 is 18.7 Å². The van der Waals surface area contributed by atoms with Gasteiger partial charge in [-0.25, -0.2) is 9.18 Å². The molecule has 2 aromatic carbocycles. The molecule has 2 aromatic rings. The molecule has 0 aliphatic heterocycles. The molecular formula is C19H17Cl3FNO3S. The van der Waals surface area contributed by atoms with Gasteiger partial charge in [-0.15, -0.1) is 0 Å². The number of carbonyl (C=O) groups is 2. The van der Waals surface area contributed by atoms with Crippen molar-refractivity contribution in [1.29, 1.82) is 0 Å². The van der Waals surface area contributed by atoms with Crippen LogP contribution in [0.15, 0.2) is 36.4 Å². The second kappa shape index (κ2) is 10.9. The van der Waals surface area contributed by atoms with E-state index in [2.05, 4.69) is 5.32 Å². The molecule has 0 aliphatic carbocycles. The number of amides is 1. The number of hydrogen-bond acceptors (Lipinski definition) is 4. The van der Waals surface area contributed by atoms with E-state index in [-0.39, 0.29) is 22.2 Å². The molecule has 0 fully saturated rings. The summed E-state index contributed by atoms with van der Waals surface area (Å²) in [6.45, 7) is -0.134. The molecule has 1 N–H and O–H groups in total. The summed E-state index contributed by atoms with van der Waals surface area (Å²) in [6, 6.07) is 7.40. The molecule has 150 valence electrons. The van der Waals surface area contributed by atoms with Crippen molar-refractivity contribution in [3.8, 4) is 0 Å². The summed E-state index contributed by atoms with van der Waals surface area (Å²) in [6.07, 6.45) is 2.26. The van der Waals surface area contributed by atoms with Crippen LogP contribution in [-0.2, 0) is 16.1 Å². The zero-order chi connectivity index (χ0) is 20.7. The highest BCUT2D eigenvalue weighted by atomic mass is 35.5. The van der Waals surface area contributed by atoms with Gasteiger partial charge in [0, 0.05) is 10.6 Å². The largest absolute Gasteiger partial charge is 0.459 e. The Morgan fingerprint density at radius 3 is 2.54 bits per heavy atom. The molecule has 0 radical (unpaired) electrons. The van der Waals surface area contributed by atoms with Crippen LogP contribution >= 0.6 is 46.6 Å². The van der Waals surface area contributed by atoms with Gasteiger partial charge in [0.15, 0.2) is 0 Å². The van der Waals surface area contributed by atoms with Gasteiger partial charge in [-0.2, -0.15) is 11.8 Å². The zero-order valence-electron chi connectivity index (χ0n) is 14.8. The maximum Gasteiger partial charge on any atom is 0.329 e. The van der Waals surface area contributed by atoms with Gasteiger partial charge in [-0.3, -0.25) is 4.79 Å². The minimum Gasteiger partial charge on any atom is -0.459 e. The molecule has 0 saturated heterocycles. The van der Waals surface area contributed by atoms with Crippen molar-refractivity contribution in [2.45, 2.75) is 19.1 Å². The van der Waals surface area contributed by atoms with Crippen LogP contribution in [0, 0.1) is 5.82 Å². The van der Waals surface area contributed by atoms with E-state index in [0.717, 1.165) is 6.07 Å². The maximum atomic E-state index is 13.1. The molecule has 0 bridgehead atoms. The van der Waals surface area contributed by atoms with Gasteiger partial charge in [0.25, 0.3) is 5.91 Å². The van der Waals surface area contributed by atoms with Crippen LogP contribution in [0.4, 0.5) is 4.39 Å². The SMILES string of the molecule is CSCCC(NC(=O)c1ccc(Cl)cc1Cl)C(=O)OCc1ccc(F)cc1Cl. The molecule has 1 amide bonds. The van der Waals surface area contributed by atoms with Gasteiger partial charge in [0.05, 0.1) is 15.6 Å². The number of benzene rings is 2. The van der Waals surface area contributed by atoms with E-state index in [1.54, 1.807) is 0 Å². The summed E-state index contributed by atoms with van der Waals surface area (Å²) in [4.78, 5) is 25.0. The van der Waals surface area contributed by atoms with Crippen LogP contribution in [0.5, 0.6) is 0 Å². The van der Waals surface area contributed by atoms with Crippen molar-refractivity contribution in [3.63, 3.8) is 0 Å². The maximum absolute atomic E-state index is 13.1. The predicted octanol–water partition coefficient (Wildman–Crippen LogP) is 5.38. The Hall–Kier alpha value is -1.47. The van der Waals surface area contributed by atoms with Crippen LogP contribution in [0.1, 0.15) is 22.3 Å². The van der Waals surface area contributed by atoms with Crippen molar-refractivity contribution in [2.24, 2.45) is 0 Å². The second-order valence-corrected chi connectivity index (χ2v) is 8.01. The third-order valence-corrected chi connectivity index (χ3v) is 5.30. The average molecular weight is 465 g/mol. The highest BCUT2D eigenvalue weighted by molar-refractivity contribution is 7.98. The third kappa shape index (κ3) is 6.55. The minimum atomic E-state index is -0.870. The van der Waals surface area contributed by atoms with E-state index in [1.807, 2.05) is 6.26 Å². The summed E-state index contributed by atoms with van der Waals surface area (Å²) < 4.78 is 18.4. The first-order chi connectivity index (χ1) is 13.3. The van der Waals surface area contributed by atoms with E-state index >= 15 is 0 Å². The standard InChI is InChI=1S/C19H17Cl3FNO3S/c1-28-7-6-17(24-18(25)14-5-3-12(20)8-16(14)22)19(26)27-10-11-2-4-13(23)9-15(11)21/h2-5,8-9,17H,6-7,10H2,1H3,(H,24,25). The number of nitrogens with one attached hydrogen (secondary N) is 1. The predicted molar refractivity (Wildman–Crippen MR) is 112 cm³/mol. The quantitative estimate of drug-likeness (QED) is 0.533. The summed E-state index contributed by atoms with van der Waals surface area (Å²) in [5.41, 5.74) is 0.668. The first-order valence-electron chi connectivity index (χ1n) is 8.17. The topological polar surface area (TPSA) is 55.4 Å². The summed E-state index contributed by atoms with van der Waals surface area (Å²) in [5.74, 6) is -0.978. The highest BCUT2D eigenvalue weighted by Gasteiger charge is 2.24. The number of rotatable bonds is 8. The second-order valence-electron chi connectivity index (χ2n) is 5.78. The lowest BCUT2D eigenvalue weighted by Crippen LogP contribution is -2.42. The Morgan fingerprint density at radius 2 is 1.89 bits per heavy atom. The Balaban J connectivity index is 2.06. The van der Waals surface area contributed by atoms with Crippen molar-refractivity contribution >= 4 is 58.4 Å². The van der Waals surface area contributed by atoms with E-state index in [0.29, 0.717) is 22.8 Å². The van der Waals surface area contributed by atoms with Crippen LogP contribution in [0.2, 0.25) is 15.1 Å². The number of thioether (sulfide) groups is 1. The van der Waals surface area contributed by atoms with E-state index in [4.69, 9.17) is 39.5 Å². The van der Waals surface area contributed by atoms with Gasteiger partial charge in [-0.1, -0.05) is 40.9 Å². The van der Waals surface area contributed by atoms with E-state index in [1.165, 1.54) is 42.1 Å².